The third-order valence-corrected chi connectivity index (χ3v) is 3.25. The first-order chi connectivity index (χ1) is 11.8. The van der Waals surface area contributed by atoms with E-state index in [2.05, 4.69) is 10.1 Å². The van der Waals surface area contributed by atoms with Crippen molar-refractivity contribution in [2.24, 2.45) is 0 Å². The first-order valence-corrected chi connectivity index (χ1v) is 7.64. The summed E-state index contributed by atoms with van der Waals surface area (Å²) in [4.78, 5) is 46.1. The molecule has 0 spiro atoms. The van der Waals surface area contributed by atoms with E-state index in [0.29, 0.717) is 0 Å². The Kier molecular flexibility index (Phi) is 8.75. The van der Waals surface area contributed by atoms with E-state index in [9.17, 15) is 29.4 Å². The highest BCUT2D eigenvalue weighted by Gasteiger charge is 2.23. The summed E-state index contributed by atoms with van der Waals surface area (Å²) in [5.74, 6) is -1.93. The number of methoxy groups -OCH3 is 1. The molecule has 10 nitrogen and oxygen atoms in total. The van der Waals surface area contributed by atoms with E-state index in [4.69, 9.17) is 4.74 Å². The molecule has 0 bridgehead atoms. The van der Waals surface area contributed by atoms with Crippen LogP contribution in [0, 0.1) is 0 Å². The number of nitrogens with one attached hydrogen (secondary N) is 1. The van der Waals surface area contributed by atoms with E-state index in [1.807, 2.05) is 0 Å². The van der Waals surface area contributed by atoms with Crippen molar-refractivity contribution in [2.75, 3.05) is 33.4 Å². The summed E-state index contributed by atoms with van der Waals surface area (Å²) in [6.07, 6.45) is -0.0767. The number of ether oxygens (including phenoxy) is 2. The van der Waals surface area contributed by atoms with Crippen LogP contribution in [-0.2, 0) is 28.7 Å². The smallest absolute Gasteiger partial charge is 0.308 e. The summed E-state index contributed by atoms with van der Waals surface area (Å²) in [5.41, 5.74) is 0. The third-order valence-electron chi connectivity index (χ3n) is 3.25. The SMILES string of the molecule is COC(=O)CC(O)COCC(O)CNC(=O)CCN1C(=O)C=CC1=O. The number of carbonyl (C=O) groups excluding carboxylic acids is 4. The molecule has 0 aromatic heterocycles. The molecule has 0 radical (unpaired) electrons. The average Bonchev–Trinajstić information content (AvgIpc) is 2.89. The summed E-state index contributed by atoms with van der Waals surface area (Å²) in [7, 11) is 1.20. The van der Waals surface area contributed by atoms with E-state index < -0.39 is 35.9 Å². The van der Waals surface area contributed by atoms with Crippen LogP contribution in [0.15, 0.2) is 12.2 Å². The fraction of sp³-hybridized carbons (Fsp3) is 0.600. The molecule has 0 fully saturated rings. The highest BCUT2D eigenvalue weighted by atomic mass is 16.5. The Bertz CT molecular complexity index is 516. The minimum absolute atomic E-state index is 0.0389. The molecule has 140 valence electrons. The van der Waals surface area contributed by atoms with Crippen LogP contribution in [0.3, 0.4) is 0 Å². The molecule has 0 aromatic carbocycles. The number of carbonyl (C=O) groups is 4. The summed E-state index contributed by atoms with van der Waals surface area (Å²) in [5, 5.41) is 21.6. The number of nitrogens with zero attached hydrogens (tertiary/aromatic N) is 1. The standard InChI is InChI=1S/C15H22N2O8/c1-24-15(23)6-10(18)8-25-9-11(19)7-16-12(20)4-5-17-13(21)2-3-14(17)22/h2-3,10-11,18-19H,4-9H2,1H3,(H,16,20). The number of aliphatic hydroxyl groups excluding tert-OH is 2. The molecule has 2 unspecified atom stereocenters. The molecule has 1 rings (SSSR count). The zero-order valence-electron chi connectivity index (χ0n) is 13.8. The Hall–Kier alpha value is -2.30. The number of esters is 1. The molecule has 0 saturated carbocycles. The number of hydrogen-bond acceptors (Lipinski definition) is 8. The van der Waals surface area contributed by atoms with Crippen molar-refractivity contribution in [3.05, 3.63) is 12.2 Å². The molecule has 2 atom stereocenters. The highest BCUT2D eigenvalue weighted by molar-refractivity contribution is 6.13. The summed E-state index contributed by atoms with van der Waals surface area (Å²) in [6.45, 7) is -0.438. The maximum Gasteiger partial charge on any atom is 0.308 e. The van der Waals surface area contributed by atoms with Gasteiger partial charge in [0.1, 0.15) is 0 Å². The van der Waals surface area contributed by atoms with Gasteiger partial charge in [0.15, 0.2) is 0 Å². The molecule has 1 aliphatic rings. The van der Waals surface area contributed by atoms with Gasteiger partial charge in [-0.3, -0.25) is 24.1 Å². The lowest BCUT2D eigenvalue weighted by Gasteiger charge is -2.16. The normalized spacial score (nSPS) is 16.0. The van der Waals surface area contributed by atoms with Crippen molar-refractivity contribution < 1.29 is 38.9 Å². The molecular formula is C15H22N2O8. The molecule has 3 N–H and O–H groups in total. The fourth-order valence-corrected chi connectivity index (χ4v) is 1.92. The van der Waals surface area contributed by atoms with E-state index >= 15 is 0 Å². The quantitative estimate of drug-likeness (QED) is 0.277. The lowest BCUT2D eigenvalue weighted by atomic mass is 10.3. The van der Waals surface area contributed by atoms with Gasteiger partial charge >= 0.3 is 5.97 Å². The predicted octanol–water partition coefficient (Wildman–Crippen LogP) is -2.28. The van der Waals surface area contributed by atoms with Crippen molar-refractivity contribution in [3.63, 3.8) is 0 Å². The summed E-state index contributed by atoms with van der Waals surface area (Å²) < 4.78 is 9.42. The van der Waals surface area contributed by atoms with Crippen molar-refractivity contribution in [2.45, 2.75) is 25.0 Å². The third kappa shape index (κ3) is 7.88. The maximum absolute atomic E-state index is 11.6. The molecule has 0 saturated heterocycles. The van der Waals surface area contributed by atoms with Gasteiger partial charge in [0.25, 0.3) is 11.8 Å². The molecule has 0 aliphatic carbocycles. The van der Waals surface area contributed by atoms with Gasteiger partial charge in [0, 0.05) is 31.7 Å². The summed E-state index contributed by atoms with van der Waals surface area (Å²) >= 11 is 0. The lowest BCUT2D eigenvalue weighted by molar-refractivity contribution is -0.144. The number of aliphatic hydroxyl groups is 2. The minimum Gasteiger partial charge on any atom is -0.469 e. The van der Waals surface area contributed by atoms with Gasteiger partial charge in [0.05, 0.1) is 39.0 Å². The van der Waals surface area contributed by atoms with Gasteiger partial charge in [-0.1, -0.05) is 0 Å². The number of hydrogen-bond donors (Lipinski definition) is 3. The molecule has 10 heteroatoms. The van der Waals surface area contributed by atoms with Gasteiger partial charge in [-0.25, -0.2) is 0 Å². The Balaban J connectivity index is 2.11. The van der Waals surface area contributed by atoms with Crippen LogP contribution in [-0.4, -0.2) is 84.4 Å². The van der Waals surface area contributed by atoms with Crippen molar-refractivity contribution in [3.8, 4) is 0 Å². The predicted molar refractivity (Wildman–Crippen MR) is 83.0 cm³/mol. The highest BCUT2D eigenvalue weighted by Crippen LogP contribution is 2.04. The van der Waals surface area contributed by atoms with E-state index in [1.165, 1.54) is 7.11 Å². The van der Waals surface area contributed by atoms with E-state index in [-0.39, 0.29) is 39.1 Å². The van der Waals surface area contributed by atoms with Crippen LogP contribution in [0.5, 0.6) is 0 Å². The fourth-order valence-electron chi connectivity index (χ4n) is 1.92. The van der Waals surface area contributed by atoms with Gasteiger partial charge in [-0.15, -0.1) is 0 Å². The Morgan fingerprint density at radius 1 is 1.16 bits per heavy atom. The van der Waals surface area contributed by atoms with E-state index in [1.54, 1.807) is 0 Å². The van der Waals surface area contributed by atoms with Gasteiger partial charge in [-0.2, -0.15) is 0 Å². The number of amides is 3. The van der Waals surface area contributed by atoms with Crippen molar-refractivity contribution in [1.82, 2.24) is 10.2 Å². The van der Waals surface area contributed by atoms with Crippen molar-refractivity contribution >= 4 is 23.7 Å². The zero-order valence-corrected chi connectivity index (χ0v) is 13.8. The molecule has 3 amide bonds. The monoisotopic (exact) mass is 358 g/mol. The second-order valence-electron chi connectivity index (χ2n) is 5.34. The van der Waals surface area contributed by atoms with Crippen LogP contribution < -0.4 is 5.32 Å². The van der Waals surface area contributed by atoms with Gasteiger partial charge < -0.3 is 25.0 Å². The number of rotatable bonds is 11. The Morgan fingerprint density at radius 3 is 2.36 bits per heavy atom. The minimum atomic E-state index is -1.04. The van der Waals surface area contributed by atoms with Crippen molar-refractivity contribution in [1.29, 1.82) is 0 Å². The molecule has 1 heterocycles. The van der Waals surface area contributed by atoms with Crippen LogP contribution in [0.2, 0.25) is 0 Å². The van der Waals surface area contributed by atoms with Gasteiger partial charge in [0.2, 0.25) is 5.91 Å². The second-order valence-corrected chi connectivity index (χ2v) is 5.34. The molecule has 1 aliphatic heterocycles. The van der Waals surface area contributed by atoms with Gasteiger partial charge in [-0.05, 0) is 0 Å². The first kappa shape index (κ1) is 20.7. The molecular weight excluding hydrogens is 336 g/mol. The van der Waals surface area contributed by atoms with Crippen LogP contribution in [0.4, 0.5) is 0 Å². The van der Waals surface area contributed by atoms with E-state index in [0.717, 1.165) is 17.1 Å². The molecule has 25 heavy (non-hydrogen) atoms. The Morgan fingerprint density at radius 2 is 1.76 bits per heavy atom. The number of imide groups is 1. The molecule has 0 aromatic rings. The largest absolute Gasteiger partial charge is 0.469 e. The Labute approximate surface area is 144 Å². The van der Waals surface area contributed by atoms with Crippen LogP contribution >= 0.6 is 0 Å². The van der Waals surface area contributed by atoms with Crippen LogP contribution in [0.25, 0.3) is 0 Å². The lowest BCUT2D eigenvalue weighted by Crippen LogP contribution is -2.38. The average molecular weight is 358 g/mol. The maximum atomic E-state index is 11.6. The topological polar surface area (TPSA) is 142 Å². The van der Waals surface area contributed by atoms with Crippen LogP contribution in [0.1, 0.15) is 12.8 Å². The first-order valence-electron chi connectivity index (χ1n) is 7.64. The summed E-state index contributed by atoms with van der Waals surface area (Å²) in [6, 6.07) is 0. The second kappa shape index (κ2) is 10.5. The zero-order chi connectivity index (χ0) is 18.8.